The highest BCUT2D eigenvalue weighted by atomic mass is 32.2. The van der Waals surface area contributed by atoms with Gasteiger partial charge in [-0.3, -0.25) is 9.36 Å². The minimum atomic E-state index is -4.70. The third-order valence-corrected chi connectivity index (χ3v) is 11.3. The zero-order valence-electron chi connectivity index (χ0n) is 30.6. The second-order valence-electron chi connectivity index (χ2n) is 14.9. The van der Waals surface area contributed by atoms with Gasteiger partial charge >= 0.3 is 24.5 Å². The highest BCUT2D eigenvalue weighted by molar-refractivity contribution is 7.99. The van der Waals surface area contributed by atoms with Crippen LogP contribution in [0.1, 0.15) is 78.6 Å². The zero-order valence-corrected chi connectivity index (χ0v) is 32.2. The molecule has 0 unspecified atom stereocenters. The predicted octanol–water partition coefficient (Wildman–Crippen LogP) is 7.04. The maximum absolute atomic E-state index is 12.7. The van der Waals surface area contributed by atoms with Gasteiger partial charge in [-0.15, -0.1) is 11.8 Å². The highest BCUT2D eigenvalue weighted by Crippen LogP contribution is 2.34. The number of thioether (sulfide) groups is 1. The van der Waals surface area contributed by atoms with Gasteiger partial charge in [-0.2, -0.15) is 36.5 Å². The van der Waals surface area contributed by atoms with E-state index in [2.05, 4.69) is 10.2 Å². The molecule has 2 aromatic heterocycles. The van der Waals surface area contributed by atoms with Gasteiger partial charge in [0.1, 0.15) is 11.2 Å². The molecule has 12 nitrogen and oxygen atoms in total. The van der Waals surface area contributed by atoms with E-state index in [0.717, 1.165) is 23.6 Å². The Balaban J connectivity index is 0.000000281. The van der Waals surface area contributed by atoms with Gasteiger partial charge in [-0.1, -0.05) is 0 Å². The molecule has 296 valence electrons. The van der Waals surface area contributed by atoms with E-state index in [1.807, 2.05) is 20.8 Å². The van der Waals surface area contributed by atoms with Gasteiger partial charge in [0.05, 0.1) is 10.8 Å². The normalized spacial score (nSPS) is 17.1. The Labute approximate surface area is 304 Å². The van der Waals surface area contributed by atoms with Crippen LogP contribution in [0.4, 0.5) is 35.9 Å². The van der Waals surface area contributed by atoms with Gasteiger partial charge in [-0.25, -0.2) is 18.0 Å². The molecule has 0 saturated carbocycles. The summed E-state index contributed by atoms with van der Waals surface area (Å²) in [5.41, 5.74) is -3.23. The number of aryl methyl sites for hydroxylation is 2. The monoisotopic (exact) mass is 790 g/mol. The molecule has 2 aliphatic rings. The summed E-state index contributed by atoms with van der Waals surface area (Å²) in [6, 6.07) is 1.64. The Hall–Kier alpha value is -3.16. The fraction of sp³-hybridized carbons (Fsp3) is 0.750. The van der Waals surface area contributed by atoms with Crippen LogP contribution in [0, 0.1) is 11.8 Å². The molecule has 2 fully saturated rings. The predicted molar refractivity (Wildman–Crippen MR) is 180 cm³/mol. The molecule has 4 rings (SSSR count). The highest BCUT2D eigenvalue weighted by Gasteiger charge is 2.38. The molecule has 0 spiro atoms. The third-order valence-electron chi connectivity index (χ3n) is 8.03. The number of rotatable bonds is 6. The van der Waals surface area contributed by atoms with Crippen LogP contribution in [0.25, 0.3) is 0 Å². The Morgan fingerprint density at radius 3 is 1.52 bits per heavy atom. The Kier molecular flexibility index (Phi) is 13.7. The minimum absolute atomic E-state index is 0.252. The second kappa shape index (κ2) is 16.5. The largest absolute Gasteiger partial charge is 0.444 e. The number of piperidine rings is 2. The van der Waals surface area contributed by atoms with Crippen LogP contribution >= 0.6 is 11.8 Å². The number of amides is 2. The molecule has 2 aliphatic heterocycles. The number of likely N-dealkylation sites (tertiary alicyclic amines) is 2. The molecule has 0 aliphatic carbocycles. The van der Waals surface area contributed by atoms with E-state index >= 15 is 0 Å². The number of aromatic nitrogens is 4. The molecular formula is C32H48F6N6O6S2. The number of carbonyl (C=O) groups is 2. The standard InChI is InChI=1S/C16H24F3N3O4S.C16H24F3N3O2S/c1-15(2,3)26-14(23)22-7-5-11(6-8-22)10-27(24,25)13-9-12(16(17,18)19)20-21(13)4;1-15(2,3)24-14(23)22-7-5-11(6-8-22)10-25-13-9-12(16(17,18)19)20-21(13)4/h9,11H,5-8,10H2,1-4H3;9,11H,5-8,10H2,1-4H3. The number of ether oxygens (including phenoxy) is 2. The van der Waals surface area contributed by atoms with Crippen molar-refractivity contribution in [1.82, 2.24) is 29.4 Å². The molecule has 52 heavy (non-hydrogen) atoms. The summed E-state index contributed by atoms with van der Waals surface area (Å²) in [6.07, 6.45) is -7.39. The summed E-state index contributed by atoms with van der Waals surface area (Å²) in [4.78, 5) is 27.3. The second-order valence-corrected chi connectivity index (χ2v) is 17.9. The Morgan fingerprint density at radius 1 is 0.731 bits per heavy atom. The summed E-state index contributed by atoms with van der Waals surface area (Å²) in [5, 5.41) is 6.82. The summed E-state index contributed by atoms with van der Waals surface area (Å²) in [7, 11) is -1.24. The van der Waals surface area contributed by atoms with Gasteiger partial charge in [0.2, 0.25) is 0 Å². The molecule has 0 N–H and O–H groups in total. The lowest BCUT2D eigenvalue weighted by atomic mass is 9.99. The molecule has 2 saturated heterocycles. The number of sulfone groups is 1. The van der Waals surface area contributed by atoms with Crippen molar-refractivity contribution in [2.24, 2.45) is 25.9 Å². The van der Waals surface area contributed by atoms with Crippen molar-refractivity contribution in [2.75, 3.05) is 37.7 Å². The van der Waals surface area contributed by atoms with E-state index < -0.39 is 55.9 Å². The zero-order chi connectivity index (χ0) is 39.4. The topological polar surface area (TPSA) is 129 Å². The van der Waals surface area contributed by atoms with E-state index in [1.54, 1.807) is 25.7 Å². The molecule has 0 atom stereocenters. The fourth-order valence-electron chi connectivity index (χ4n) is 5.42. The number of nitrogens with zero attached hydrogens (tertiary/aromatic N) is 6. The average Bonchev–Trinajstić information content (AvgIpc) is 3.58. The Bertz CT molecular complexity index is 1630. The minimum Gasteiger partial charge on any atom is -0.444 e. The summed E-state index contributed by atoms with van der Waals surface area (Å²) >= 11 is 1.38. The molecule has 2 aromatic rings. The van der Waals surface area contributed by atoms with E-state index in [-0.39, 0.29) is 17.8 Å². The van der Waals surface area contributed by atoms with Crippen molar-refractivity contribution in [3.8, 4) is 0 Å². The maximum Gasteiger partial charge on any atom is 0.435 e. The van der Waals surface area contributed by atoms with Crippen LogP contribution in [0.5, 0.6) is 0 Å². The molecule has 0 radical (unpaired) electrons. The van der Waals surface area contributed by atoms with Crippen molar-refractivity contribution >= 4 is 33.8 Å². The third kappa shape index (κ3) is 13.1. The number of hydrogen-bond acceptors (Lipinski definition) is 9. The van der Waals surface area contributed by atoms with E-state index in [0.29, 0.717) is 61.8 Å². The SMILES string of the molecule is Cn1nc(C(F)(F)F)cc1S(=O)(=O)CC1CCN(C(=O)OC(C)(C)C)CC1.Cn1nc(C(F)(F)F)cc1SCC1CCN(C(=O)OC(C)(C)C)CC1. The first-order valence-corrected chi connectivity index (χ1v) is 19.3. The van der Waals surface area contributed by atoms with E-state index in [9.17, 15) is 44.3 Å². The van der Waals surface area contributed by atoms with Crippen molar-refractivity contribution in [3.05, 3.63) is 23.5 Å². The van der Waals surface area contributed by atoms with E-state index in [4.69, 9.17) is 9.47 Å². The van der Waals surface area contributed by atoms with Crippen molar-refractivity contribution in [3.63, 3.8) is 0 Å². The summed E-state index contributed by atoms with van der Waals surface area (Å²) < 4.78 is 114. The number of carbonyl (C=O) groups excluding carboxylic acids is 2. The average molecular weight is 791 g/mol. The first-order valence-electron chi connectivity index (χ1n) is 16.7. The van der Waals surface area contributed by atoms with Crippen molar-refractivity contribution < 1.29 is 53.8 Å². The first kappa shape index (κ1) is 43.2. The molecule has 4 heterocycles. The number of alkyl halides is 6. The number of halogens is 6. The van der Waals surface area contributed by atoms with Crippen LogP contribution in [-0.4, -0.2) is 98.9 Å². The van der Waals surface area contributed by atoms with Crippen LogP contribution in [0.2, 0.25) is 0 Å². The molecular weight excluding hydrogens is 743 g/mol. The molecule has 0 aromatic carbocycles. The fourth-order valence-corrected chi connectivity index (χ4v) is 8.44. The smallest absolute Gasteiger partial charge is 0.435 e. The number of hydrogen-bond donors (Lipinski definition) is 0. The van der Waals surface area contributed by atoms with E-state index in [1.165, 1.54) is 35.4 Å². The van der Waals surface area contributed by atoms with Gasteiger partial charge < -0.3 is 19.3 Å². The Morgan fingerprint density at radius 2 is 1.13 bits per heavy atom. The van der Waals surface area contributed by atoms with Gasteiger partial charge in [0, 0.05) is 58.2 Å². The molecule has 0 bridgehead atoms. The van der Waals surface area contributed by atoms with Crippen LogP contribution < -0.4 is 0 Å². The van der Waals surface area contributed by atoms with Gasteiger partial charge in [0.15, 0.2) is 26.3 Å². The molecule has 2 amide bonds. The first-order chi connectivity index (χ1) is 23.6. The van der Waals surface area contributed by atoms with Crippen LogP contribution in [-0.2, 0) is 45.8 Å². The van der Waals surface area contributed by atoms with Crippen LogP contribution in [0.15, 0.2) is 22.2 Å². The lowest BCUT2D eigenvalue weighted by Gasteiger charge is -2.33. The summed E-state index contributed by atoms with van der Waals surface area (Å²) in [5.74, 6) is 0.524. The lowest BCUT2D eigenvalue weighted by Crippen LogP contribution is -2.42. The maximum atomic E-state index is 12.7. The quantitative estimate of drug-likeness (QED) is 0.224. The van der Waals surface area contributed by atoms with Gasteiger partial charge in [-0.05, 0) is 79.1 Å². The lowest BCUT2D eigenvalue weighted by molar-refractivity contribution is -0.142. The van der Waals surface area contributed by atoms with Crippen molar-refractivity contribution in [1.29, 1.82) is 0 Å². The van der Waals surface area contributed by atoms with Crippen LogP contribution in [0.3, 0.4) is 0 Å². The molecule has 20 heteroatoms. The van der Waals surface area contributed by atoms with Gasteiger partial charge in [0.25, 0.3) is 0 Å². The summed E-state index contributed by atoms with van der Waals surface area (Å²) in [6.45, 7) is 12.7. The van der Waals surface area contributed by atoms with Crippen molar-refractivity contribution in [2.45, 2.75) is 101 Å².